The van der Waals surface area contributed by atoms with Crippen LogP contribution in [0, 0.1) is 25.2 Å². The van der Waals surface area contributed by atoms with Gasteiger partial charge in [-0.3, -0.25) is 14.5 Å². The Balaban J connectivity index is 1.72. The summed E-state index contributed by atoms with van der Waals surface area (Å²) in [6.07, 6.45) is 0.304. The van der Waals surface area contributed by atoms with Gasteiger partial charge in [-0.05, 0) is 60.7 Å². The number of thioether (sulfide) groups is 1. The number of carbonyl (C=O) groups is 2. The molecular weight excluding hydrogens is 513 g/mol. The molecule has 0 aliphatic carbocycles. The summed E-state index contributed by atoms with van der Waals surface area (Å²) in [5.41, 5.74) is 4.20. The highest BCUT2D eigenvalue weighted by Gasteiger charge is 2.41. The van der Waals surface area contributed by atoms with E-state index >= 15 is 0 Å². The van der Waals surface area contributed by atoms with Crippen LogP contribution in [-0.4, -0.2) is 17.1 Å². The molecule has 0 saturated carbocycles. The lowest BCUT2D eigenvalue weighted by Crippen LogP contribution is -2.32. The van der Waals surface area contributed by atoms with Crippen LogP contribution >= 0.6 is 35.0 Å². The first-order valence-corrected chi connectivity index (χ1v) is 12.9. The Bertz CT molecular complexity index is 1400. The second kappa shape index (κ2) is 11.2. The molecule has 1 atom stereocenters. The van der Waals surface area contributed by atoms with Crippen molar-refractivity contribution in [2.75, 3.05) is 4.90 Å². The summed E-state index contributed by atoms with van der Waals surface area (Å²) in [4.78, 5) is 28.3. The van der Waals surface area contributed by atoms with E-state index in [1.165, 1.54) is 16.7 Å². The number of benzene rings is 3. The maximum atomic E-state index is 13.7. The Morgan fingerprint density at radius 3 is 2.50 bits per heavy atom. The third-order valence-electron chi connectivity index (χ3n) is 5.99. The molecule has 1 aliphatic rings. The van der Waals surface area contributed by atoms with E-state index in [1.54, 1.807) is 12.1 Å². The number of nitrogens with one attached hydrogen (secondary N) is 1. The summed E-state index contributed by atoms with van der Waals surface area (Å²) >= 11 is 13.8. The molecule has 5 nitrogen and oxygen atoms in total. The first-order chi connectivity index (χ1) is 17.3. The molecule has 3 aromatic carbocycles. The summed E-state index contributed by atoms with van der Waals surface area (Å²) in [5, 5.41) is 13.3. The van der Waals surface area contributed by atoms with Gasteiger partial charge in [0.25, 0.3) is 5.91 Å². The summed E-state index contributed by atoms with van der Waals surface area (Å²) in [7, 11) is 0. The maximum absolute atomic E-state index is 13.7. The molecule has 1 unspecified atom stereocenters. The number of hydrogen-bond acceptors (Lipinski definition) is 4. The monoisotopic (exact) mass is 535 g/mol. The Labute approximate surface area is 224 Å². The van der Waals surface area contributed by atoms with Crippen LogP contribution in [0.3, 0.4) is 0 Å². The Morgan fingerprint density at radius 1 is 1.06 bits per heavy atom. The van der Waals surface area contributed by atoms with Crippen molar-refractivity contribution in [3.63, 3.8) is 0 Å². The van der Waals surface area contributed by atoms with Crippen molar-refractivity contribution in [2.24, 2.45) is 0 Å². The number of hydrogen-bond donors (Lipinski definition) is 1. The lowest BCUT2D eigenvalue weighted by Gasteiger charge is -2.20. The van der Waals surface area contributed by atoms with Crippen LogP contribution in [0.2, 0.25) is 10.0 Å². The maximum Gasteiger partial charge on any atom is 0.264 e. The van der Waals surface area contributed by atoms with Crippen LogP contribution < -0.4 is 10.2 Å². The second-order valence-corrected chi connectivity index (χ2v) is 10.4. The highest BCUT2D eigenvalue weighted by atomic mass is 35.5. The molecule has 36 heavy (non-hydrogen) atoms. The Hall–Kier alpha value is -3.24. The number of nitriles is 1. The Kier molecular flexibility index (Phi) is 8.05. The van der Waals surface area contributed by atoms with Crippen molar-refractivity contribution in [1.29, 1.82) is 5.26 Å². The molecular formula is C28H23Cl2N3O2S. The first kappa shape index (κ1) is 25.8. The number of aryl methyl sites for hydroxylation is 2. The van der Waals surface area contributed by atoms with Crippen LogP contribution in [0.25, 0.3) is 0 Å². The summed E-state index contributed by atoms with van der Waals surface area (Å²) < 4.78 is 0. The molecule has 182 valence electrons. The van der Waals surface area contributed by atoms with E-state index in [0.717, 1.165) is 22.3 Å². The number of nitrogens with zero attached hydrogens (tertiary/aromatic N) is 2. The molecule has 1 fully saturated rings. The van der Waals surface area contributed by atoms with Crippen LogP contribution in [-0.2, 0) is 22.6 Å². The molecule has 8 heteroatoms. The van der Waals surface area contributed by atoms with Gasteiger partial charge in [-0.25, -0.2) is 0 Å². The van der Waals surface area contributed by atoms with Crippen molar-refractivity contribution in [3.8, 4) is 6.07 Å². The van der Waals surface area contributed by atoms with Gasteiger partial charge in [-0.2, -0.15) is 5.26 Å². The van der Waals surface area contributed by atoms with Crippen molar-refractivity contribution >= 4 is 52.5 Å². The predicted octanol–water partition coefficient (Wildman–Crippen LogP) is 6.35. The van der Waals surface area contributed by atoms with Gasteiger partial charge < -0.3 is 5.32 Å². The average Bonchev–Trinajstić information content (AvgIpc) is 3.19. The average molecular weight is 536 g/mol. The van der Waals surface area contributed by atoms with E-state index in [9.17, 15) is 14.9 Å². The SMILES string of the molecule is Cc1ccc(N2C(=O)C(Cc3cccc(Cl)c3Cl)S/C2=C(/C#N)C(=O)NCc2ccccc2)cc1C. The number of rotatable bonds is 6. The van der Waals surface area contributed by atoms with Gasteiger partial charge in [0.1, 0.15) is 16.7 Å². The van der Waals surface area contributed by atoms with Crippen LogP contribution in [0.5, 0.6) is 0 Å². The topological polar surface area (TPSA) is 73.2 Å². The number of anilines is 1. The Morgan fingerprint density at radius 2 is 1.81 bits per heavy atom. The summed E-state index contributed by atoms with van der Waals surface area (Å²) in [5.74, 6) is -0.759. The molecule has 1 saturated heterocycles. The number of halogens is 2. The van der Waals surface area contributed by atoms with E-state index < -0.39 is 11.2 Å². The van der Waals surface area contributed by atoms with Crippen LogP contribution in [0.1, 0.15) is 22.3 Å². The predicted molar refractivity (Wildman–Crippen MR) is 146 cm³/mol. The molecule has 0 spiro atoms. The molecule has 3 aromatic rings. The molecule has 0 bridgehead atoms. The minimum absolute atomic E-state index is 0.109. The zero-order valence-electron chi connectivity index (χ0n) is 19.7. The number of carbonyl (C=O) groups excluding carboxylic acids is 2. The van der Waals surface area contributed by atoms with Crippen LogP contribution in [0.15, 0.2) is 77.3 Å². The zero-order valence-corrected chi connectivity index (χ0v) is 22.0. The smallest absolute Gasteiger partial charge is 0.264 e. The van der Waals surface area contributed by atoms with E-state index in [0.29, 0.717) is 27.2 Å². The molecule has 1 N–H and O–H groups in total. The summed E-state index contributed by atoms with van der Waals surface area (Å²) in [6, 6.07) is 22.4. The van der Waals surface area contributed by atoms with Crippen molar-refractivity contribution in [3.05, 3.63) is 110 Å². The van der Waals surface area contributed by atoms with Gasteiger partial charge in [0.05, 0.1) is 15.3 Å². The van der Waals surface area contributed by atoms with Gasteiger partial charge >= 0.3 is 0 Å². The van der Waals surface area contributed by atoms with Crippen molar-refractivity contribution in [1.82, 2.24) is 5.32 Å². The van der Waals surface area contributed by atoms with E-state index in [-0.39, 0.29) is 18.0 Å². The molecule has 2 amide bonds. The third-order valence-corrected chi connectivity index (χ3v) is 8.11. The minimum atomic E-state index is -0.581. The highest BCUT2D eigenvalue weighted by molar-refractivity contribution is 8.05. The quantitative estimate of drug-likeness (QED) is 0.294. The second-order valence-electron chi connectivity index (χ2n) is 8.43. The molecule has 0 aromatic heterocycles. The van der Waals surface area contributed by atoms with Gasteiger partial charge in [0, 0.05) is 12.2 Å². The molecule has 1 heterocycles. The fourth-order valence-corrected chi connectivity index (χ4v) is 5.55. The lowest BCUT2D eigenvalue weighted by molar-refractivity contribution is -0.117. The fraction of sp³-hybridized carbons (Fsp3) is 0.179. The van der Waals surface area contributed by atoms with E-state index in [4.69, 9.17) is 23.2 Å². The molecule has 4 rings (SSSR count). The zero-order chi connectivity index (χ0) is 25.8. The van der Waals surface area contributed by atoms with E-state index in [1.807, 2.05) is 74.5 Å². The summed E-state index contributed by atoms with van der Waals surface area (Å²) in [6.45, 7) is 4.21. The minimum Gasteiger partial charge on any atom is -0.347 e. The lowest BCUT2D eigenvalue weighted by atomic mass is 10.1. The normalized spacial score (nSPS) is 16.6. The van der Waals surface area contributed by atoms with Gasteiger partial charge in [-0.1, -0.05) is 83.5 Å². The van der Waals surface area contributed by atoms with Crippen molar-refractivity contribution < 1.29 is 9.59 Å². The fourth-order valence-electron chi connectivity index (χ4n) is 3.86. The molecule has 0 radical (unpaired) electrons. The van der Waals surface area contributed by atoms with Crippen LogP contribution in [0.4, 0.5) is 5.69 Å². The van der Waals surface area contributed by atoms with Crippen molar-refractivity contribution in [2.45, 2.75) is 32.1 Å². The highest BCUT2D eigenvalue weighted by Crippen LogP contribution is 2.43. The van der Waals surface area contributed by atoms with Gasteiger partial charge in [-0.15, -0.1) is 0 Å². The molecule has 1 aliphatic heterocycles. The third kappa shape index (κ3) is 5.44. The van der Waals surface area contributed by atoms with E-state index in [2.05, 4.69) is 5.32 Å². The van der Waals surface area contributed by atoms with Gasteiger partial charge in [0.2, 0.25) is 5.91 Å². The first-order valence-electron chi connectivity index (χ1n) is 11.3. The number of amides is 2. The van der Waals surface area contributed by atoms with Gasteiger partial charge in [0.15, 0.2) is 0 Å². The largest absolute Gasteiger partial charge is 0.347 e. The standard InChI is InChI=1S/C28H23Cl2N3O2S/c1-17-11-12-21(13-18(17)2)33-27(35)24(14-20-9-6-10-23(29)25(20)30)36-28(33)22(15-31)26(34)32-16-19-7-4-3-5-8-19/h3-13,24H,14,16H2,1-2H3,(H,32,34)/b28-22-.